The van der Waals surface area contributed by atoms with Crippen molar-refractivity contribution in [2.45, 2.75) is 33.5 Å². The third-order valence-electron chi connectivity index (χ3n) is 3.19. The maximum absolute atomic E-state index is 12.0. The number of aryl methyl sites for hydroxylation is 2. The number of methoxy groups -OCH3 is 1. The van der Waals surface area contributed by atoms with Crippen LogP contribution in [0.25, 0.3) is 0 Å². The predicted octanol–water partition coefficient (Wildman–Crippen LogP) is 1.96. The van der Waals surface area contributed by atoms with Gasteiger partial charge in [-0.2, -0.15) is 5.10 Å². The van der Waals surface area contributed by atoms with E-state index in [2.05, 4.69) is 10.4 Å². The van der Waals surface area contributed by atoms with Gasteiger partial charge in [-0.3, -0.25) is 9.48 Å². The minimum Gasteiger partial charge on any atom is -0.380 e. The number of carbonyl (C=O) groups excluding carboxylic acids is 1. The Morgan fingerprint density at radius 1 is 1.29 bits per heavy atom. The summed E-state index contributed by atoms with van der Waals surface area (Å²) >= 11 is 0. The van der Waals surface area contributed by atoms with Gasteiger partial charge in [0.05, 0.1) is 12.3 Å². The molecule has 112 valence electrons. The van der Waals surface area contributed by atoms with Crippen LogP contribution < -0.4 is 5.32 Å². The van der Waals surface area contributed by atoms with E-state index in [1.807, 2.05) is 44.2 Å². The van der Waals surface area contributed by atoms with Crippen LogP contribution in [0.4, 0.5) is 0 Å². The monoisotopic (exact) mass is 287 g/mol. The first-order chi connectivity index (χ1) is 10.1. The maximum Gasteiger partial charge on any atom is 0.242 e. The topological polar surface area (TPSA) is 56.1 Å². The zero-order chi connectivity index (χ0) is 15.2. The number of benzene rings is 1. The van der Waals surface area contributed by atoms with Gasteiger partial charge in [-0.15, -0.1) is 0 Å². The molecule has 0 saturated carbocycles. The molecular weight excluding hydrogens is 266 g/mol. The minimum atomic E-state index is -0.0432. The highest BCUT2D eigenvalue weighted by Gasteiger charge is 2.07. The molecule has 2 aromatic rings. The van der Waals surface area contributed by atoms with Crippen molar-refractivity contribution in [1.29, 1.82) is 0 Å². The van der Waals surface area contributed by atoms with Crippen LogP contribution in [0.2, 0.25) is 0 Å². The lowest BCUT2D eigenvalue weighted by molar-refractivity contribution is -0.122. The molecule has 0 atom stereocenters. The second-order valence-corrected chi connectivity index (χ2v) is 5.11. The summed E-state index contributed by atoms with van der Waals surface area (Å²) < 4.78 is 6.82. The fourth-order valence-corrected chi connectivity index (χ4v) is 2.22. The fraction of sp³-hybridized carbons (Fsp3) is 0.375. The summed E-state index contributed by atoms with van der Waals surface area (Å²) in [7, 11) is 1.67. The van der Waals surface area contributed by atoms with Crippen LogP contribution in [0.15, 0.2) is 30.3 Å². The van der Waals surface area contributed by atoms with E-state index >= 15 is 0 Å². The highest BCUT2D eigenvalue weighted by molar-refractivity contribution is 5.75. The molecule has 0 unspecified atom stereocenters. The van der Waals surface area contributed by atoms with Crippen molar-refractivity contribution < 1.29 is 9.53 Å². The smallest absolute Gasteiger partial charge is 0.242 e. The number of nitrogens with zero attached hydrogens (tertiary/aromatic N) is 2. The molecule has 0 aliphatic heterocycles. The van der Waals surface area contributed by atoms with Crippen LogP contribution >= 0.6 is 0 Å². The Labute approximate surface area is 124 Å². The quantitative estimate of drug-likeness (QED) is 0.883. The van der Waals surface area contributed by atoms with Gasteiger partial charge in [0.2, 0.25) is 5.91 Å². The Kier molecular flexibility index (Phi) is 5.11. The second kappa shape index (κ2) is 7.04. The van der Waals surface area contributed by atoms with E-state index in [1.54, 1.807) is 11.8 Å². The predicted molar refractivity (Wildman–Crippen MR) is 80.7 cm³/mol. The number of rotatable bonds is 6. The lowest BCUT2D eigenvalue weighted by atomic mass is 10.1. The molecule has 1 aromatic carbocycles. The molecule has 0 radical (unpaired) electrons. The van der Waals surface area contributed by atoms with E-state index < -0.39 is 0 Å². The summed E-state index contributed by atoms with van der Waals surface area (Å²) in [6.45, 7) is 5.20. The Bertz CT molecular complexity index is 620. The SMILES string of the molecule is COCc1cccc(CNC(=O)Cn2nc(C)cc2C)c1. The van der Waals surface area contributed by atoms with Gasteiger partial charge in [0.15, 0.2) is 0 Å². The number of nitrogens with one attached hydrogen (secondary N) is 1. The van der Waals surface area contributed by atoms with Gasteiger partial charge in [-0.25, -0.2) is 0 Å². The second-order valence-electron chi connectivity index (χ2n) is 5.11. The molecule has 5 heteroatoms. The zero-order valence-electron chi connectivity index (χ0n) is 12.7. The van der Waals surface area contributed by atoms with E-state index in [0.717, 1.165) is 22.5 Å². The molecule has 1 heterocycles. The van der Waals surface area contributed by atoms with Crippen molar-refractivity contribution in [3.63, 3.8) is 0 Å². The third-order valence-corrected chi connectivity index (χ3v) is 3.19. The standard InChI is InChI=1S/C16H21N3O2/c1-12-7-13(2)19(18-12)10-16(20)17-9-14-5-4-6-15(8-14)11-21-3/h4-8H,9-11H2,1-3H3,(H,17,20). The Morgan fingerprint density at radius 2 is 2.05 bits per heavy atom. The molecule has 1 amide bonds. The Morgan fingerprint density at radius 3 is 2.71 bits per heavy atom. The average molecular weight is 287 g/mol. The summed E-state index contributed by atoms with van der Waals surface area (Å²) in [6, 6.07) is 9.96. The van der Waals surface area contributed by atoms with E-state index in [0.29, 0.717) is 13.2 Å². The summed E-state index contributed by atoms with van der Waals surface area (Å²) in [6.07, 6.45) is 0. The van der Waals surface area contributed by atoms with Gasteiger partial charge in [0.25, 0.3) is 0 Å². The molecule has 1 aromatic heterocycles. The third kappa shape index (κ3) is 4.43. The van der Waals surface area contributed by atoms with E-state index in [4.69, 9.17) is 4.74 Å². The Balaban J connectivity index is 1.89. The van der Waals surface area contributed by atoms with Crippen molar-refractivity contribution in [3.05, 3.63) is 52.8 Å². The maximum atomic E-state index is 12.0. The van der Waals surface area contributed by atoms with Crippen LogP contribution in [-0.4, -0.2) is 22.8 Å². The first-order valence-corrected chi connectivity index (χ1v) is 6.93. The van der Waals surface area contributed by atoms with Gasteiger partial charge in [-0.05, 0) is 31.0 Å². The van der Waals surface area contributed by atoms with E-state index in [1.165, 1.54) is 0 Å². The number of hydrogen-bond donors (Lipinski definition) is 1. The molecule has 5 nitrogen and oxygen atoms in total. The van der Waals surface area contributed by atoms with Gasteiger partial charge in [-0.1, -0.05) is 24.3 Å². The van der Waals surface area contributed by atoms with E-state index in [9.17, 15) is 4.79 Å². The lowest BCUT2D eigenvalue weighted by Crippen LogP contribution is -2.28. The molecule has 0 aliphatic rings. The van der Waals surface area contributed by atoms with Gasteiger partial charge in [0.1, 0.15) is 6.54 Å². The number of hydrogen-bond acceptors (Lipinski definition) is 3. The molecule has 2 rings (SSSR count). The molecule has 0 saturated heterocycles. The molecule has 0 spiro atoms. The number of amides is 1. The highest BCUT2D eigenvalue weighted by Crippen LogP contribution is 2.06. The first-order valence-electron chi connectivity index (χ1n) is 6.93. The van der Waals surface area contributed by atoms with Gasteiger partial charge < -0.3 is 10.1 Å². The number of aromatic nitrogens is 2. The summed E-state index contributed by atoms with van der Waals surface area (Å²) in [4.78, 5) is 12.0. The zero-order valence-corrected chi connectivity index (χ0v) is 12.7. The van der Waals surface area contributed by atoms with Crippen molar-refractivity contribution in [3.8, 4) is 0 Å². The molecule has 0 fully saturated rings. The van der Waals surface area contributed by atoms with Crippen molar-refractivity contribution in [2.24, 2.45) is 0 Å². The Hall–Kier alpha value is -2.14. The van der Waals surface area contributed by atoms with Gasteiger partial charge in [0, 0.05) is 19.3 Å². The molecule has 0 bridgehead atoms. The highest BCUT2D eigenvalue weighted by atomic mass is 16.5. The number of carbonyl (C=O) groups is 1. The van der Waals surface area contributed by atoms with Crippen LogP contribution in [0.1, 0.15) is 22.5 Å². The summed E-state index contributed by atoms with van der Waals surface area (Å²) in [5.41, 5.74) is 4.08. The van der Waals surface area contributed by atoms with Crippen molar-refractivity contribution in [2.75, 3.05) is 7.11 Å². The van der Waals surface area contributed by atoms with Crippen LogP contribution in [0.3, 0.4) is 0 Å². The molecule has 21 heavy (non-hydrogen) atoms. The molecular formula is C16H21N3O2. The molecule has 1 N–H and O–H groups in total. The van der Waals surface area contributed by atoms with Crippen LogP contribution in [-0.2, 0) is 29.2 Å². The fourth-order valence-electron chi connectivity index (χ4n) is 2.22. The van der Waals surface area contributed by atoms with E-state index in [-0.39, 0.29) is 12.5 Å². The number of ether oxygens (including phenoxy) is 1. The van der Waals surface area contributed by atoms with Crippen molar-refractivity contribution >= 4 is 5.91 Å². The van der Waals surface area contributed by atoms with Gasteiger partial charge >= 0.3 is 0 Å². The van der Waals surface area contributed by atoms with Crippen LogP contribution in [0.5, 0.6) is 0 Å². The largest absolute Gasteiger partial charge is 0.380 e. The summed E-state index contributed by atoms with van der Waals surface area (Å²) in [5, 5.41) is 7.20. The average Bonchev–Trinajstić information content (AvgIpc) is 2.75. The van der Waals surface area contributed by atoms with Crippen molar-refractivity contribution in [1.82, 2.24) is 15.1 Å². The first kappa shape index (κ1) is 15.3. The summed E-state index contributed by atoms with van der Waals surface area (Å²) in [5.74, 6) is -0.0432. The van der Waals surface area contributed by atoms with Crippen LogP contribution in [0, 0.1) is 13.8 Å². The normalized spacial score (nSPS) is 10.6. The molecule has 0 aliphatic carbocycles. The minimum absolute atomic E-state index is 0.0432. The lowest BCUT2D eigenvalue weighted by Gasteiger charge is -2.08.